The van der Waals surface area contributed by atoms with Crippen LogP contribution in [0.2, 0.25) is 0 Å². The Morgan fingerprint density at radius 2 is 1.95 bits per heavy atom. The maximum absolute atomic E-state index is 6.25. The average molecular weight is 283 g/mol. The summed E-state index contributed by atoms with van der Waals surface area (Å²) in [6, 6.07) is 13.4. The van der Waals surface area contributed by atoms with Gasteiger partial charge in [-0.2, -0.15) is 0 Å². The van der Waals surface area contributed by atoms with Gasteiger partial charge in [-0.3, -0.25) is 4.90 Å². The number of rotatable bonds is 3. The highest BCUT2D eigenvalue weighted by atomic mass is 15.2. The third-order valence-corrected chi connectivity index (χ3v) is 4.65. The van der Waals surface area contributed by atoms with Crippen molar-refractivity contribution < 1.29 is 0 Å². The summed E-state index contributed by atoms with van der Waals surface area (Å²) in [5.41, 5.74) is 8.40. The fraction of sp³-hybridized carbons (Fsp3) is 0.444. The standard InChI is InChI=1S/C18H25N3/c1-20-9-5-8-17(13-20)21(2)12-16-10-14-6-3-4-7-15(14)11-18(16)19/h3-4,6-7,10-11,17H,5,8-9,12-13,19H2,1-2H3. The van der Waals surface area contributed by atoms with Crippen molar-refractivity contribution in [1.29, 1.82) is 0 Å². The lowest BCUT2D eigenvalue weighted by molar-refractivity contribution is 0.129. The molecule has 0 aliphatic carbocycles. The summed E-state index contributed by atoms with van der Waals surface area (Å²) < 4.78 is 0. The van der Waals surface area contributed by atoms with Crippen molar-refractivity contribution in [2.24, 2.45) is 0 Å². The van der Waals surface area contributed by atoms with E-state index in [2.05, 4.69) is 60.3 Å². The van der Waals surface area contributed by atoms with Gasteiger partial charge >= 0.3 is 0 Å². The van der Waals surface area contributed by atoms with Crippen LogP contribution in [0.15, 0.2) is 36.4 Å². The molecule has 0 saturated carbocycles. The van der Waals surface area contributed by atoms with Crippen molar-refractivity contribution in [3.8, 4) is 0 Å². The van der Waals surface area contributed by atoms with Crippen LogP contribution in [-0.4, -0.2) is 43.0 Å². The molecule has 1 fully saturated rings. The number of piperidine rings is 1. The number of benzene rings is 2. The maximum atomic E-state index is 6.25. The van der Waals surface area contributed by atoms with Crippen molar-refractivity contribution in [1.82, 2.24) is 9.80 Å². The first-order valence-corrected chi connectivity index (χ1v) is 7.79. The Morgan fingerprint density at radius 3 is 2.67 bits per heavy atom. The highest BCUT2D eigenvalue weighted by molar-refractivity contribution is 5.86. The molecule has 0 bridgehead atoms. The van der Waals surface area contributed by atoms with Crippen LogP contribution in [0.4, 0.5) is 5.69 Å². The van der Waals surface area contributed by atoms with E-state index in [0.717, 1.165) is 18.8 Å². The summed E-state index contributed by atoms with van der Waals surface area (Å²) in [5.74, 6) is 0. The molecule has 0 spiro atoms. The lowest BCUT2D eigenvalue weighted by atomic mass is 10.0. The van der Waals surface area contributed by atoms with E-state index in [0.29, 0.717) is 6.04 Å². The molecule has 0 amide bonds. The first-order chi connectivity index (χ1) is 10.1. The molecule has 1 aliphatic rings. The van der Waals surface area contributed by atoms with Gasteiger partial charge in [-0.15, -0.1) is 0 Å². The Labute approximate surface area is 127 Å². The fourth-order valence-electron chi connectivity index (χ4n) is 3.34. The van der Waals surface area contributed by atoms with Crippen LogP contribution in [0.3, 0.4) is 0 Å². The number of nitrogens with zero attached hydrogens (tertiary/aromatic N) is 2. The number of likely N-dealkylation sites (tertiary alicyclic amines) is 1. The van der Waals surface area contributed by atoms with Gasteiger partial charge in [0, 0.05) is 24.8 Å². The smallest absolute Gasteiger partial charge is 0.0366 e. The van der Waals surface area contributed by atoms with Gasteiger partial charge in [0.2, 0.25) is 0 Å². The molecule has 2 aromatic rings. The van der Waals surface area contributed by atoms with Crippen LogP contribution in [0.5, 0.6) is 0 Å². The Kier molecular flexibility index (Phi) is 4.13. The van der Waals surface area contributed by atoms with Gasteiger partial charge in [0.25, 0.3) is 0 Å². The van der Waals surface area contributed by atoms with Crippen molar-refractivity contribution in [3.05, 3.63) is 42.0 Å². The molecule has 2 aromatic carbocycles. The van der Waals surface area contributed by atoms with Gasteiger partial charge in [0.1, 0.15) is 0 Å². The minimum atomic E-state index is 0.634. The van der Waals surface area contributed by atoms with E-state index in [4.69, 9.17) is 5.73 Å². The second-order valence-corrected chi connectivity index (χ2v) is 6.37. The van der Waals surface area contributed by atoms with Gasteiger partial charge in [-0.05, 0) is 62.0 Å². The van der Waals surface area contributed by atoms with E-state index in [1.54, 1.807) is 0 Å². The number of hydrogen-bond acceptors (Lipinski definition) is 3. The van der Waals surface area contributed by atoms with E-state index in [9.17, 15) is 0 Å². The van der Waals surface area contributed by atoms with Gasteiger partial charge in [-0.1, -0.05) is 24.3 Å². The molecule has 2 N–H and O–H groups in total. The Morgan fingerprint density at radius 1 is 1.24 bits per heavy atom. The molecule has 1 atom stereocenters. The maximum Gasteiger partial charge on any atom is 0.0366 e. The topological polar surface area (TPSA) is 32.5 Å². The van der Waals surface area contributed by atoms with Crippen molar-refractivity contribution in [3.63, 3.8) is 0 Å². The van der Waals surface area contributed by atoms with Crippen LogP contribution < -0.4 is 5.73 Å². The number of nitrogen functional groups attached to an aromatic ring is 1. The Hall–Kier alpha value is -1.58. The summed E-state index contributed by atoms with van der Waals surface area (Å²) in [6.45, 7) is 3.31. The summed E-state index contributed by atoms with van der Waals surface area (Å²) in [5, 5.41) is 2.50. The summed E-state index contributed by atoms with van der Waals surface area (Å²) >= 11 is 0. The zero-order valence-electron chi connectivity index (χ0n) is 13.0. The van der Waals surface area contributed by atoms with Crippen LogP contribution in [0.25, 0.3) is 10.8 Å². The quantitative estimate of drug-likeness (QED) is 0.879. The average Bonchev–Trinajstić information content (AvgIpc) is 2.48. The molecular formula is C18H25N3. The first kappa shape index (κ1) is 14.4. The van der Waals surface area contributed by atoms with E-state index >= 15 is 0 Å². The number of nitrogens with two attached hydrogens (primary N) is 1. The molecule has 3 rings (SSSR count). The van der Waals surface area contributed by atoms with E-state index < -0.39 is 0 Å². The highest BCUT2D eigenvalue weighted by Crippen LogP contribution is 2.24. The lowest BCUT2D eigenvalue weighted by Crippen LogP contribution is -2.44. The predicted molar refractivity (Wildman–Crippen MR) is 90.3 cm³/mol. The molecular weight excluding hydrogens is 258 g/mol. The van der Waals surface area contributed by atoms with Crippen LogP contribution in [-0.2, 0) is 6.54 Å². The zero-order chi connectivity index (χ0) is 14.8. The fourth-order valence-corrected chi connectivity index (χ4v) is 3.34. The highest BCUT2D eigenvalue weighted by Gasteiger charge is 2.21. The number of hydrogen-bond donors (Lipinski definition) is 1. The van der Waals surface area contributed by atoms with Crippen LogP contribution >= 0.6 is 0 Å². The molecule has 112 valence electrons. The van der Waals surface area contributed by atoms with Crippen molar-refractivity contribution in [2.45, 2.75) is 25.4 Å². The third kappa shape index (κ3) is 3.20. The number of fused-ring (bicyclic) bond motifs is 1. The van der Waals surface area contributed by atoms with Crippen molar-refractivity contribution in [2.75, 3.05) is 32.9 Å². The van der Waals surface area contributed by atoms with E-state index in [1.807, 2.05) is 0 Å². The second kappa shape index (κ2) is 6.04. The van der Waals surface area contributed by atoms with Gasteiger partial charge in [-0.25, -0.2) is 0 Å². The molecule has 3 nitrogen and oxygen atoms in total. The molecule has 1 aliphatic heterocycles. The minimum absolute atomic E-state index is 0.634. The van der Waals surface area contributed by atoms with Crippen LogP contribution in [0, 0.1) is 0 Å². The largest absolute Gasteiger partial charge is 0.398 e. The normalized spacial score (nSPS) is 20.2. The lowest BCUT2D eigenvalue weighted by Gasteiger charge is -2.36. The monoisotopic (exact) mass is 283 g/mol. The Balaban J connectivity index is 1.79. The van der Waals surface area contributed by atoms with E-state index in [1.165, 1.54) is 35.7 Å². The number of anilines is 1. The summed E-state index contributed by atoms with van der Waals surface area (Å²) in [7, 11) is 4.43. The SMILES string of the molecule is CN1CCCC(N(C)Cc2cc3ccccc3cc2N)C1. The predicted octanol–water partition coefficient (Wildman–Crippen LogP) is 2.95. The summed E-state index contributed by atoms with van der Waals surface area (Å²) in [4.78, 5) is 4.88. The minimum Gasteiger partial charge on any atom is -0.398 e. The molecule has 0 aromatic heterocycles. The third-order valence-electron chi connectivity index (χ3n) is 4.65. The molecule has 1 heterocycles. The number of likely N-dealkylation sites (N-methyl/N-ethyl adjacent to an activating group) is 2. The zero-order valence-corrected chi connectivity index (χ0v) is 13.0. The van der Waals surface area contributed by atoms with Gasteiger partial charge in [0.05, 0.1) is 0 Å². The molecule has 1 saturated heterocycles. The molecule has 1 unspecified atom stereocenters. The summed E-state index contributed by atoms with van der Waals surface area (Å²) in [6.07, 6.45) is 2.58. The Bertz CT molecular complexity index is 623. The molecule has 3 heteroatoms. The van der Waals surface area contributed by atoms with Crippen LogP contribution in [0.1, 0.15) is 18.4 Å². The first-order valence-electron chi connectivity index (χ1n) is 7.79. The van der Waals surface area contributed by atoms with Gasteiger partial charge in [0.15, 0.2) is 0 Å². The molecule has 0 radical (unpaired) electrons. The van der Waals surface area contributed by atoms with Crippen molar-refractivity contribution >= 4 is 16.5 Å². The van der Waals surface area contributed by atoms with E-state index in [-0.39, 0.29) is 0 Å². The second-order valence-electron chi connectivity index (χ2n) is 6.37. The van der Waals surface area contributed by atoms with Gasteiger partial charge < -0.3 is 10.6 Å². The molecule has 21 heavy (non-hydrogen) atoms.